The molecule has 1 N–H and O–H groups in total. The smallest absolute Gasteiger partial charge is 0.417 e. The molecule has 1 saturated carbocycles. The van der Waals surface area contributed by atoms with E-state index in [4.69, 9.17) is 9.47 Å². The van der Waals surface area contributed by atoms with Gasteiger partial charge in [-0.3, -0.25) is 14.6 Å². The molecular formula is C39H44F3N3O4. The summed E-state index contributed by atoms with van der Waals surface area (Å²) in [7, 11) is 1.45. The van der Waals surface area contributed by atoms with Gasteiger partial charge >= 0.3 is 12.1 Å². The molecule has 4 aliphatic rings. The predicted molar refractivity (Wildman–Crippen MR) is 180 cm³/mol. The number of carbonyl (C=O) groups excluding carboxylic acids is 2. The van der Waals surface area contributed by atoms with Crippen LogP contribution in [0.15, 0.2) is 85.1 Å². The van der Waals surface area contributed by atoms with E-state index in [2.05, 4.69) is 10.3 Å². The molecule has 3 aromatic rings. The lowest BCUT2D eigenvalue weighted by Crippen LogP contribution is -2.49. The fraction of sp³-hybridized carbons (Fsp3) is 0.462. The maximum atomic E-state index is 14.1. The SMILES string of the molecule is COC(=O)C1(c2ccccc2)CC=CC1.O=C(N1CCc2ncc(C(F)(F)F)cc2C1)[C@@]1(c2ccccc2)CC[C@@H](NC2CCOCC2)C1. The third-order valence-electron chi connectivity index (χ3n) is 10.6. The van der Waals surface area contributed by atoms with Crippen LogP contribution in [-0.2, 0) is 49.0 Å². The van der Waals surface area contributed by atoms with E-state index in [0.717, 1.165) is 75.1 Å². The monoisotopic (exact) mass is 675 g/mol. The predicted octanol–water partition coefficient (Wildman–Crippen LogP) is 6.69. The maximum absolute atomic E-state index is 14.1. The van der Waals surface area contributed by atoms with Gasteiger partial charge in [0.2, 0.25) is 5.91 Å². The topological polar surface area (TPSA) is 80.8 Å². The van der Waals surface area contributed by atoms with Crippen LogP contribution in [0.25, 0.3) is 0 Å². The number of ether oxygens (including phenoxy) is 2. The summed E-state index contributed by atoms with van der Waals surface area (Å²) in [5, 5.41) is 3.75. The minimum Gasteiger partial charge on any atom is -0.468 e. The van der Waals surface area contributed by atoms with Crippen LogP contribution in [0.5, 0.6) is 0 Å². The number of alkyl halides is 3. The first kappa shape index (κ1) is 34.8. The normalized spacial score (nSPS) is 23.3. The number of nitrogens with one attached hydrogen (secondary N) is 1. The number of esters is 1. The van der Waals surface area contributed by atoms with Crippen LogP contribution in [0.3, 0.4) is 0 Å². The van der Waals surface area contributed by atoms with Crippen molar-refractivity contribution in [3.05, 3.63) is 113 Å². The average Bonchev–Trinajstić information content (AvgIpc) is 3.81. The summed E-state index contributed by atoms with van der Waals surface area (Å²) in [4.78, 5) is 31.8. The standard InChI is InChI=1S/C26H30F3N3O2.C13H14O2/c27-26(28,29)20-14-18-17-32(11-7-23(18)30-16-20)24(33)25(19-4-2-1-3-5-19)10-6-22(15-25)31-21-8-12-34-13-9-21;1-15-12(14)13(9-5-6-10-13)11-7-3-2-4-8-11/h1-5,14,16,21-22,31H,6-13,15,17H2;2-8H,9-10H2,1H3/t22-,25+;/m1./s1. The molecule has 2 aromatic carbocycles. The Morgan fingerprint density at radius 2 is 1.55 bits per heavy atom. The molecule has 1 amide bonds. The highest BCUT2D eigenvalue weighted by molar-refractivity contribution is 5.89. The van der Waals surface area contributed by atoms with Crippen molar-refractivity contribution in [2.24, 2.45) is 0 Å². The Bertz CT molecular complexity index is 1620. The van der Waals surface area contributed by atoms with Crippen molar-refractivity contribution in [2.45, 2.75) is 87.0 Å². The highest BCUT2D eigenvalue weighted by Gasteiger charge is 2.49. The highest BCUT2D eigenvalue weighted by Crippen LogP contribution is 2.44. The largest absolute Gasteiger partial charge is 0.468 e. The molecule has 2 atom stereocenters. The van der Waals surface area contributed by atoms with Gasteiger partial charge in [0, 0.05) is 56.7 Å². The van der Waals surface area contributed by atoms with Gasteiger partial charge in [-0.1, -0.05) is 72.8 Å². The van der Waals surface area contributed by atoms with Crippen LogP contribution in [0.1, 0.15) is 72.9 Å². The summed E-state index contributed by atoms with van der Waals surface area (Å²) in [5.41, 5.74) is 1.27. The number of nitrogens with zero attached hydrogens (tertiary/aromatic N) is 2. The summed E-state index contributed by atoms with van der Waals surface area (Å²) in [6.07, 6.45) is 6.73. The maximum Gasteiger partial charge on any atom is 0.417 e. The number of methoxy groups -OCH3 is 1. The Hall–Kier alpha value is -4.02. The van der Waals surface area contributed by atoms with Crippen molar-refractivity contribution in [1.29, 1.82) is 0 Å². The van der Waals surface area contributed by atoms with E-state index in [1.54, 1.807) is 4.90 Å². The molecule has 2 aliphatic carbocycles. The number of amides is 1. The van der Waals surface area contributed by atoms with E-state index in [0.29, 0.717) is 36.7 Å². The third kappa shape index (κ3) is 7.45. The summed E-state index contributed by atoms with van der Waals surface area (Å²) in [6.45, 7) is 2.15. The van der Waals surface area contributed by atoms with Crippen molar-refractivity contribution in [1.82, 2.24) is 15.2 Å². The van der Waals surface area contributed by atoms with E-state index in [-0.39, 0.29) is 24.5 Å². The van der Waals surface area contributed by atoms with Crippen molar-refractivity contribution >= 4 is 11.9 Å². The molecule has 3 heterocycles. The number of pyridine rings is 1. The van der Waals surface area contributed by atoms with Crippen molar-refractivity contribution < 1.29 is 32.2 Å². The molecule has 2 aliphatic heterocycles. The van der Waals surface area contributed by atoms with Crippen LogP contribution in [-0.4, -0.2) is 60.7 Å². The first-order valence-corrected chi connectivity index (χ1v) is 17.2. The van der Waals surface area contributed by atoms with Gasteiger partial charge in [0.1, 0.15) is 0 Å². The Kier molecular flexibility index (Phi) is 10.6. The van der Waals surface area contributed by atoms with Crippen molar-refractivity contribution in [2.75, 3.05) is 26.9 Å². The molecular weight excluding hydrogens is 631 g/mol. The molecule has 0 spiro atoms. The van der Waals surface area contributed by atoms with Crippen LogP contribution in [0.4, 0.5) is 13.2 Å². The molecule has 0 unspecified atom stereocenters. The lowest BCUT2D eigenvalue weighted by atomic mass is 9.77. The number of allylic oxidation sites excluding steroid dienone is 2. The lowest BCUT2D eigenvalue weighted by Gasteiger charge is -2.38. The van der Waals surface area contributed by atoms with Gasteiger partial charge in [-0.05, 0) is 67.7 Å². The number of benzene rings is 2. The Morgan fingerprint density at radius 3 is 2.16 bits per heavy atom. The quantitative estimate of drug-likeness (QED) is 0.232. The summed E-state index contributed by atoms with van der Waals surface area (Å²) in [6, 6.07) is 21.5. The van der Waals surface area contributed by atoms with Crippen molar-refractivity contribution in [3.63, 3.8) is 0 Å². The van der Waals surface area contributed by atoms with E-state index in [1.165, 1.54) is 7.11 Å². The van der Waals surface area contributed by atoms with Gasteiger partial charge in [-0.15, -0.1) is 0 Å². The fourth-order valence-corrected chi connectivity index (χ4v) is 7.90. The summed E-state index contributed by atoms with van der Waals surface area (Å²) in [5.74, 6) is -0.128. The van der Waals surface area contributed by atoms with E-state index >= 15 is 0 Å². The lowest BCUT2D eigenvalue weighted by molar-refractivity contribution is -0.147. The van der Waals surface area contributed by atoms with E-state index in [9.17, 15) is 22.8 Å². The number of fused-ring (bicyclic) bond motifs is 1. The van der Waals surface area contributed by atoms with Gasteiger partial charge in [0.25, 0.3) is 0 Å². The number of rotatable bonds is 6. The zero-order valence-electron chi connectivity index (χ0n) is 27.9. The molecule has 0 radical (unpaired) electrons. The minimum absolute atomic E-state index is 0.0121. The molecule has 260 valence electrons. The Labute approximate surface area is 285 Å². The fourth-order valence-electron chi connectivity index (χ4n) is 7.90. The second-order valence-corrected chi connectivity index (χ2v) is 13.6. The van der Waals surface area contributed by atoms with Crippen molar-refractivity contribution in [3.8, 4) is 0 Å². The van der Waals surface area contributed by atoms with Gasteiger partial charge < -0.3 is 19.7 Å². The van der Waals surface area contributed by atoms with Crippen LogP contribution in [0.2, 0.25) is 0 Å². The van der Waals surface area contributed by atoms with Gasteiger partial charge in [0.05, 0.1) is 23.5 Å². The summed E-state index contributed by atoms with van der Waals surface area (Å²) >= 11 is 0. The zero-order chi connectivity index (χ0) is 34.5. The first-order valence-electron chi connectivity index (χ1n) is 17.2. The second kappa shape index (κ2) is 14.8. The summed E-state index contributed by atoms with van der Waals surface area (Å²) < 4.78 is 50.1. The molecule has 2 fully saturated rings. The second-order valence-electron chi connectivity index (χ2n) is 13.6. The van der Waals surface area contributed by atoms with Crippen LogP contribution >= 0.6 is 0 Å². The van der Waals surface area contributed by atoms with Crippen LogP contribution < -0.4 is 5.32 Å². The van der Waals surface area contributed by atoms with Gasteiger partial charge in [-0.2, -0.15) is 13.2 Å². The third-order valence-corrected chi connectivity index (χ3v) is 10.6. The number of hydrogen-bond donors (Lipinski definition) is 1. The number of aromatic nitrogens is 1. The van der Waals surface area contributed by atoms with E-state index < -0.39 is 22.6 Å². The molecule has 10 heteroatoms. The first-order chi connectivity index (χ1) is 23.6. The molecule has 1 aromatic heterocycles. The van der Waals surface area contributed by atoms with Gasteiger partial charge in [0.15, 0.2) is 0 Å². The molecule has 49 heavy (non-hydrogen) atoms. The number of halogens is 3. The van der Waals surface area contributed by atoms with E-state index in [1.807, 2.05) is 72.8 Å². The average molecular weight is 676 g/mol. The van der Waals surface area contributed by atoms with Gasteiger partial charge in [-0.25, -0.2) is 0 Å². The molecule has 1 saturated heterocycles. The highest BCUT2D eigenvalue weighted by atomic mass is 19.4. The minimum atomic E-state index is -4.45. The van der Waals surface area contributed by atoms with Crippen LogP contribution in [0, 0.1) is 0 Å². The Morgan fingerprint density at radius 1 is 0.918 bits per heavy atom. The zero-order valence-corrected chi connectivity index (χ0v) is 27.9. The molecule has 0 bridgehead atoms. The Balaban J connectivity index is 0.000000232. The number of carbonyl (C=O) groups is 2. The number of hydrogen-bond acceptors (Lipinski definition) is 6. The molecule has 7 nitrogen and oxygen atoms in total. The molecule has 7 rings (SSSR count).